The molecule has 2 heterocycles. The normalized spacial score (nSPS) is 10.4. The minimum atomic E-state index is 0.329. The Morgan fingerprint density at radius 1 is 1.16 bits per heavy atom. The van der Waals surface area contributed by atoms with Crippen LogP contribution in [0.1, 0.15) is 5.69 Å². The van der Waals surface area contributed by atoms with E-state index in [0.717, 1.165) is 11.4 Å². The van der Waals surface area contributed by atoms with Crippen LogP contribution in [-0.4, -0.2) is 25.0 Å². The molecule has 3 rings (SSSR count). The third-order valence-corrected chi connectivity index (χ3v) is 2.49. The van der Waals surface area contributed by atoms with Crippen LogP contribution in [0.5, 0.6) is 11.8 Å². The highest BCUT2D eigenvalue weighted by Crippen LogP contribution is 2.20. The van der Waals surface area contributed by atoms with E-state index in [1.165, 1.54) is 0 Å². The first-order chi connectivity index (χ1) is 9.31. The molecule has 0 radical (unpaired) electrons. The summed E-state index contributed by atoms with van der Waals surface area (Å²) in [4.78, 5) is 8.25. The highest BCUT2D eigenvalue weighted by Gasteiger charge is 2.03. The first-order valence-corrected chi connectivity index (χ1v) is 5.75. The molecule has 2 aromatic heterocycles. The fourth-order valence-electron chi connectivity index (χ4n) is 1.62. The zero-order valence-electron chi connectivity index (χ0n) is 10.3. The molecule has 94 valence electrons. The maximum atomic E-state index is 5.61. The molecule has 0 amide bonds. The fraction of sp³-hybridized carbons (Fsp3) is 0.0769. The van der Waals surface area contributed by atoms with Crippen LogP contribution in [-0.2, 0) is 0 Å². The Balaban J connectivity index is 1.88. The van der Waals surface area contributed by atoms with Crippen molar-refractivity contribution < 1.29 is 4.74 Å². The molecular formula is C13H11N5O. The van der Waals surface area contributed by atoms with E-state index >= 15 is 0 Å². The number of aryl methyl sites for hydroxylation is 1. The van der Waals surface area contributed by atoms with Crippen molar-refractivity contribution in [1.29, 1.82) is 0 Å². The minimum Gasteiger partial charge on any atom is -0.424 e. The molecule has 0 saturated heterocycles. The number of hydrogen-bond acceptors (Lipinski definition) is 5. The van der Waals surface area contributed by atoms with Gasteiger partial charge in [-0.2, -0.15) is 0 Å². The molecule has 0 fully saturated rings. The monoisotopic (exact) mass is 253 g/mol. The highest BCUT2D eigenvalue weighted by molar-refractivity contribution is 5.39. The Kier molecular flexibility index (Phi) is 2.89. The summed E-state index contributed by atoms with van der Waals surface area (Å²) in [6, 6.07) is 9.63. The van der Waals surface area contributed by atoms with Gasteiger partial charge in [-0.1, -0.05) is 11.3 Å². The molecule has 6 heteroatoms. The summed E-state index contributed by atoms with van der Waals surface area (Å²) in [5.74, 6) is 0.651. The van der Waals surface area contributed by atoms with Crippen molar-refractivity contribution in [2.24, 2.45) is 0 Å². The van der Waals surface area contributed by atoms with E-state index < -0.39 is 0 Å². The molecule has 1 aromatic carbocycles. The summed E-state index contributed by atoms with van der Waals surface area (Å²) < 4.78 is 7.27. The van der Waals surface area contributed by atoms with E-state index in [4.69, 9.17) is 4.74 Å². The molecule has 0 saturated carbocycles. The molecule has 6 nitrogen and oxygen atoms in total. The van der Waals surface area contributed by atoms with Gasteiger partial charge in [0.1, 0.15) is 5.75 Å². The number of benzene rings is 1. The van der Waals surface area contributed by atoms with E-state index in [1.807, 2.05) is 37.3 Å². The van der Waals surface area contributed by atoms with Gasteiger partial charge in [0.05, 0.1) is 18.1 Å². The molecule has 0 spiro atoms. The first kappa shape index (κ1) is 11.3. The quantitative estimate of drug-likeness (QED) is 0.715. The second-order valence-electron chi connectivity index (χ2n) is 3.93. The lowest BCUT2D eigenvalue weighted by atomic mass is 10.3. The Hall–Kier alpha value is -2.76. The van der Waals surface area contributed by atoms with Gasteiger partial charge in [-0.05, 0) is 25.1 Å². The number of rotatable bonds is 3. The van der Waals surface area contributed by atoms with Gasteiger partial charge in [0.25, 0.3) is 0 Å². The average molecular weight is 253 g/mol. The van der Waals surface area contributed by atoms with Crippen LogP contribution >= 0.6 is 0 Å². The molecule has 0 bridgehead atoms. The maximum absolute atomic E-state index is 5.61. The molecule has 0 atom stereocenters. The summed E-state index contributed by atoms with van der Waals surface area (Å²) >= 11 is 0. The van der Waals surface area contributed by atoms with Gasteiger partial charge in [0.2, 0.25) is 0 Å². The van der Waals surface area contributed by atoms with Crippen LogP contribution in [0.3, 0.4) is 0 Å². The predicted molar refractivity (Wildman–Crippen MR) is 68.2 cm³/mol. The van der Waals surface area contributed by atoms with Crippen molar-refractivity contribution in [3.8, 4) is 17.4 Å². The van der Waals surface area contributed by atoms with E-state index in [2.05, 4.69) is 20.3 Å². The summed E-state index contributed by atoms with van der Waals surface area (Å²) in [6.07, 6.45) is 5.05. The van der Waals surface area contributed by atoms with Crippen molar-refractivity contribution in [3.63, 3.8) is 0 Å². The summed E-state index contributed by atoms with van der Waals surface area (Å²) in [7, 11) is 0. The Morgan fingerprint density at radius 3 is 2.89 bits per heavy atom. The van der Waals surface area contributed by atoms with Crippen LogP contribution in [0.25, 0.3) is 5.69 Å². The van der Waals surface area contributed by atoms with Crippen LogP contribution in [0.2, 0.25) is 0 Å². The van der Waals surface area contributed by atoms with Crippen molar-refractivity contribution in [2.45, 2.75) is 6.92 Å². The Labute approximate surface area is 109 Å². The van der Waals surface area contributed by atoms with E-state index in [0.29, 0.717) is 11.8 Å². The van der Waals surface area contributed by atoms with Gasteiger partial charge in [-0.25, -0.2) is 14.6 Å². The zero-order chi connectivity index (χ0) is 13.1. The first-order valence-electron chi connectivity index (χ1n) is 5.75. The van der Waals surface area contributed by atoms with Crippen molar-refractivity contribution in [2.75, 3.05) is 0 Å². The van der Waals surface area contributed by atoms with Crippen molar-refractivity contribution in [3.05, 3.63) is 54.6 Å². The SMILES string of the molecule is Cc1ccnc(Oc2cccc(-n3ccnn3)c2)n1. The third-order valence-electron chi connectivity index (χ3n) is 2.49. The second kappa shape index (κ2) is 4.85. The van der Waals surface area contributed by atoms with E-state index in [-0.39, 0.29) is 0 Å². The molecular weight excluding hydrogens is 242 g/mol. The third kappa shape index (κ3) is 2.57. The van der Waals surface area contributed by atoms with Gasteiger partial charge in [0, 0.05) is 18.0 Å². The van der Waals surface area contributed by atoms with Crippen LogP contribution < -0.4 is 4.74 Å². The average Bonchev–Trinajstić information content (AvgIpc) is 2.93. The second-order valence-corrected chi connectivity index (χ2v) is 3.93. The van der Waals surface area contributed by atoms with Gasteiger partial charge >= 0.3 is 6.01 Å². The van der Waals surface area contributed by atoms with Crippen LogP contribution in [0, 0.1) is 6.92 Å². The number of aromatic nitrogens is 5. The molecule has 0 aliphatic rings. The highest BCUT2D eigenvalue weighted by atomic mass is 16.5. The molecule has 0 aliphatic heterocycles. The lowest BCUT2D eigenvalue weighted by Crippen LogP contribution is -1.97. The summed E-state index contributed by atoms with van der Waals surface area (Å²) in [5.41, 5.74) is 1.72. The van der Waals surface area contributed by atoms with Crippen LogP contribution in [0.4, 0.5) is 0 Å². The van der Waals surface area contributed by atoms with Crippen molar-refractivity contribution in [1.82, 2.24) is 25.0 Å². The van der Waals surface area contributed by atoms with Gasteiger partial charge in [0.15, 0.2) is 0 Å². The van der Waals surface area contributed by atoms with Gasteiger partial charge in [-0.15, -0.1) is 5.10 Å². The largest absolute Gasteiger partial charge is 0.424 e. The summed E-state index contributed by atoms with van der Waals surface area (Å²) in [5, 5.41) is 7.70. The molecule has 19 heavy (non-hydrogen) atoms. The number of nitrogens with zero attached hydrogens (tertiary/aromatic N) is 5. The maximum Gasteiger partial charge on any atom is 0.322 e. The minimum absolute atomic E-state index is 0.329. The van der Waals surface area contributed by atoms with Gasteiger partial charge < -0.3 is 4.74 Å². The Morgan fingerprint density at radius 2 is 2.11 bits per heavy atom. The number of ether oxygens (including phenoxy) is 1. The standard InChI is InChI=1S/C13H11N5O/c1-10-5-6-14-13(16-10)19-12-4-2-3-11(9-12)18-8-7-15-17-18/h2-9H,1H3. The predicted octanol–water partition coefficient (Wildman–Crippen LogP) is 2.16. The smallest absolute Gasteiger partial charge is 0.322 e. The van der Waals surface area contributed by atoms with Gasteiger partial charge in [-0.3, -0.25) is 0 Å². The zero-order valence-corrected chi connectivity index (χ0v) is 10.3. The fourth-order valence-corrected chi connectivity index (χ4v) is 1.62. The topological polar surface area (TPSA) is 65.7 Å². The number of hydrogen-bond donors (Lipinski definition) is 0. The Bertz CT molecular complexity index is 681. The van der Waals surface area contributed by atoms with E-state index in [9.17, 15) is 0 Å². The molecule has 3 aromatic rings. The van der Waals surface area contributed by atoms with Crippen LogP contribution in [0.15, 0.2) is 48.9 Å². The van der Waals surface area contributed by atoms with Crippen molar-refractivity contribution >= 4 is 0 Å². The lowest BCUT2D eigenvalue weighted by Gasteiger charge is -2.06. The lowest BCUT2D eigenvalue weighted by molar-refractivity contribution is 0.440. The summed E-state index contributed by atoms with van der Waals surface area (Å²) in [6.45, 7) is 1.89. The van der Waals surface area contributed by atoms with E-state index in [1.54, 1.807) is 23.3 Å². The molecule has 0 aliphatic carbocycles. The molecule has 0 unspecified atom stereocenters. The molecule has 0 N–H and O–H groups in total.